The summed E-state index contributed by atoms with van der Waals surface area (Å²) >= 11 is 7.70. The second-order valence-electron chi connectivity index (χ2n) is 6.07. The Labute approximate surface area is 193 Å². The summed E-state index contributed by atoms with van der Waals surface area (Å²) < 4.78 is 2.06. The van der Waals surface area contributed by atoms with Crippen molar-refractivity contribution in [3.8, 4) is 0 Å². The lowest BCUT2D eigenvalue weighted by molar-refractivity contribution is 0.633. The molecule has 28 heavy (non-hydrogen) atoms. The minimum atomic E-state index is 0. The van der Waals surface area contributed by atoms with Gasteiger partial charge in [0, 0.05) is 41.7 Å². The summed E-state index contributed by atoms with van der Waals surface area (Å²) in [5.74, 6) is 2.71. The zero-order valence-corrected chi connectivity index (χ0v) is 20.2. The molecule has 154 valence electrons. The monoisotopic (exact) mass is 534 g/mol. The molecule has 6 nitrogen and oxygen atoms in total. The van der Waals surface area contributed by atoms with Crippen LogP contribution in [-0.2, 0) is 13.0 Å². The Bertz CT molecular complexity index is 747. The van der Waals surface area contributed by atoms with Crippen molar-refractivity contribution in [2.24, 2.45) is 4.99 Å². The largest absolute Gasteiger partial charge is 0.356 e. The molecular weight excluding hydrogens is 507 g/mol. The van der Waals surface area contributed by atoms with E-state index in [-0.39, 0.29) is 24.0 Å². The summed E-state index contributed by atoms with van der Waals surface area (Å²) in [5.41, 5.74) is 1.03. The van der Waals surface area contributed by atoms with E-state index in [0.29, 0.717) is 6.54 Å². The molecular formula is C19H28ClIN6S. The van der Waals surface area contributed by atoms with Gasteiger partial charge in [-0.15, -0.1) is 45.9 Å². The first-order valence-electron chi connectivity index (χ1n) is 9.00. The molecule has 0 spiro atoms. The molecule has 0 unspecified atom stereocenters. The number of nitrogens with zero attached hydrogens (tertiary/aromatic N) is 4. The highest BCUT2D eigenvalue weighted by Gasteiger charge is 2.03. The molecule has 0 amide bonds. The summed E-state index contributed by atoms with van der Waals surface area (Å²) in [4.78, 5) is 5.77. The predicted octanol–water partition coefficient (Wildman–Crippen LogP) is 4.02. The fraction of sp³-hybridized carbons (Fsp3) is 0.421. The summed E-state index contributed by atoms with van der Waals surface area (Å²) in [5, 5.41) is 15.6. The molecule has 0 saturated carbocycles. The second kappa shape index (κ2) is 13.8. The fourth-order valence-corrected chi connectivity index (χ4v) is 3.19. The van der Waals surface area contributed by atoms with Crippen molar-refractivity contribution >= 4 is 53.3 Å². The van der Waals surface area contributed by atoms with Crippen molar-refractivity contribution in [3.63, 3.8) is 0 Å². The molecule has 0 aliphatic carbocycles. The fourth-order valence-electron chi connectivity index (χ4n) is 2.29. The van der Waals surface area contributed by atoms with Gasteiger partial charge < -0.3 is 15.2 Å². The van der Waals surface area contributed by atoms with E-state index in [9.17, 15) is 0 Å². The third kappa shape index (κ3) is 9.29. The van der Waals surface area contributed by atoms with Crippen molar-refractivity contribution in [3.05, 3.63) is 53.6 Å². The molecule has 2 aromatic rings. The summed E-state index contributed by atoms with van der Waals surface area (Å²) in [7, 11) is 0. The number of hydrogen-bond donors (Lipinski definition) is 2. The van der Waals surface area contributed by atoms with Gasteiger partial charge in [0.2, 0.25) is 0 Å². The first kappa shape index (κ1) is 24.8. The maximum atomic E-state index is 5.92. The van der Waals surface area contributed by atoms with Crippen LogP contribution >= 0.6 is 47.3 Å². The van der Waals surface area contributed by atoms with E-state index < -0.39 is 0 Å². The van der Waals surface area contributed by atoms with E-state index in [1.807, 2.05) is 31.2 Å². The maximum absolute atomic E-state index is 5.92. The van der Waals surface area contributed by atoms with Gasteiger partial charge in [0.05, 0.1) is 6.54 Å². The van der Waals surface area contributed by atoms with Gasteiger partial charge in [-0.3, -0.25) is 0 Å². The predicted molar refractivity (Wildman–Crippen MR) is 130 cm³/mol. The number of guanidine groups is 1. The van der Waals surface area contributed by atoms with Gasteiger partial charge >= 0.3 is 0 Å². The van der Waals surface area contributed by atoms with Gasteiger partial charge in [-0.05, 0) is 31.2 Å². The van der Waals surface area contributed by atoms with Crippen LogP contribution in [0.15, 0.2) is 52.6 Å². The normalized spacial score (nSPS) is 11.0. The van der Waals surface area contributed by atoms with Crippen molar-refractivity contribution in [1.29, 1.82) is 0 Å². The van der Waals surface area contributed by atoms with Crippen LogP contribution in [0.25, 0.3) is 0 Å². The molecule has 0 saturated heterocycles. The first-order valence-corrected chi connectivity index (χ1v) is 10.4. The number of hydrogen-bond acceptors (Lipinski definition) is 4. The lowest BCUT2D eigenvalue weighted by Crippen LogP contribution is -2.40. The van der Waals surface area contributed by atoms with Crippen LogP contribution in [0.3, 0.4) is 0 Å². The summed E-state index contributed by atoms with van der Waals surface area (Å²) in [6, 6.07) is 7.89. The number of aromatic nitrogens is 3. The van der Waals surface area contributed by atoms with Gasteiger partial charge in [0.25, 0.3) is 0 Å². The number of thioether (sulfide) groups is 1. The number of benzene rings is 1. The maximum Gasteiger partial charge on any atom is 0.191 e. The Kier molecular flexibility index (Phi) is 12.2. The van der Waals surface area contributed by atoms with Crippen molar-refractivity contribution in [2.75, 3.05) is 25.4 Å². The molecule has 0 bridgehead atoms. The van der Waals surface area contributed by atoms with Gasteiger partial charge in [-0.2, -0.15) is 0 Å². The minimum absolute atomic E-state index is 0. The molecule has 0 radical (unpaired) electrons. The molecule has 1 aromatic heterocycles. The molecule has 2 N–H and O–H groups in total. The Hall–Kier alpha value is -1.26. The average molecular weight is 535 g/mol. The van der Waals surface area contributed by atoms with E-state index in [2.05, 4.69) is 43.9 Å². The number of nitrogens with one attached hydrogen (secondary N) is 2. The molecule has 0 fully saturated rings. The molecule has 1 heterocycles. The van der Waals surface area contributed by atoms with Crippen LogP contribution in [0.5, 0.6) is 0 Å². The number of aliphatic imine (C=N–C) groups is 1. The number of aryl methyl sites for hydroxylation is 1. The molecule has 2 rings (SSSR count). The van der Waals surface area contributed by atoms with E-state index in [4.69, 9.17) is 11.6 Å². The lowest BCUT2D eigenvalue weighted by Gasteiger charge is -2.13. The molecule has 0 atom stereocenters. The van der Waals surface area contributed by atoms with E-state index in [1.165, 1.54) is 4.90 Å². The zero-order chi connectivity index (χ0) is 19.5. The summed E-state index contributed by atoms with van der Waals surface area (Å²) in [6.45, 7) is 10.9. The van der Waals surface area contributed by atoms with E-state index in [0.717, 1.165) is 54.2 Å². The van der Waals surface area contributed by atoms with Crippen LogP contribution in [0.2, 0.25) is 5.02 Å². The van der Waals surface area contributed by atoms with Crippen LogP contribution in [-0.4, -0.2) is 46.1 Å². The summed E-state index contributed by atoms with van der Waals surface area (Å²) in [6.07, 6.45) is 2.64. The third-order valence-corrected chi connectivity index (χ3v) is 4.91. The van der Waals surface area contributed by atoms with Crippen LogP contribution < -0.4 is 10.6 Å². The highest BCUT2D eigenvalue weighted by Crippen LogP contribution is 2.19. The SMILES string of the molecule is C=C(C)CN=C(NCCSc1ccc(Cl)cc1)NCCn1cnnc1CC.I. The number of rotatable bonds is 10. The standard InChI is InChI=1S/C19H27ClN6S.HI/c1-4-18-25-24-14-26(18)11-9-21-19(23-13-15(2)3)22-10-12-27-17-7-5-16(20)6-8-17;/h5-8,14H,2,4,9-13H2,1,3H3,(H2,21,22,23);1H. The first-order chi connectivity index (χ1) is 13.1. The van der Waals surface area contributed by atoms with Gasteiger partial charge in [-0.1, -0.05) is 30.7 Å². The van der Waals surface area contributed by atoms with Gasteiger partial charge in [0.15, 0.2) is 5.96 Å². The minimum Gasteiger partial charge on any atom is -0.356 e. The van der Waals surface area contributed by atoms with Crippen molar-refractivity contribution in [1.82, 2.24) is 25.4 Å². The average Bonchev–Trinajstić information content (AvgIpc) is 3.11. The van der Waals surface area contributed by atoms with Crippen LogP contribution in [0.4, 0.5) is 0 Å². The van der Waals surface area contributed by atoms with Crippen molar-refractivity contribution in [2.45, 2.75) is 31.7 Å². The molecule has 1 aromatic carbocycles. The molecule has 0 aliphatic rings. The second-order valence-corrected chi connectivity index (χ2v) is 7.68. The third-order valence-electron chi connectivity index (χ3n) is 3.64. The number of halogens is 2. The lowest BCUT2D eigenvalue weighted by atomic mass is 10.4. The van der Waals surface area contributed by atoms with Crippen molar-refractivity contribution < 1.29 is 0 Å². The van der Waals surface area contributed by atoms with E-state index in [1.54, 1.807) is 18.1 Å². The van der Waals surface area contributed by atoms with Crippen LogP contribution in [0.1, 0.15) is 19.7 Å². The topological polar surface area (TPSA) is 67.1 Å². The Morgan fingerprint density at radius 2 is 1.96 bits per heavy atom. The van der Waals surface area contributed by atoms with E-state index >= 15 is 0 Å². The molecule has 0 aliphatic heterocycles. The zero-order valence-electron chi connectivity index (χ0n) is 16.3. The smallest absolute Gasteiger partial charge is 0.191 e. The van der Waals surface area contributed by atoms with Gasteiger partial charge in [0.1, 0.15) is 12.2 Å². The quantitative estimate of drug-likeness (QED) is 0.120. The Morgan fingerprint density at radius 3 is 2.64 bits per heavy atom. The molecule has 9 heteroatoms. The van der Waals surface area contributed by atoms with Gasteiger partial charge in [-0.25, -0.2) is 4.99 Å². The Balaban J connectivity index is 0.00000392. The highest BCUT2D eigenvalue weighted by atomic mass is 127. The van der Waals surface area contributed by atoms with Crippen LogP contribution in [0, 0.1) is 0 Å². The Morgan fingerprint density at radius 1 is 1.25 bits per heavy atom. The highest BCUT2D eigenvalue weighted by molar-refractivity contribution is 14.0.